The largest absolute Gasteiger partial charge is 0.444 e. The van der Waals surface area contributed by atoms with Gasteiger partial charge in [-0.25, -0.2) is 34.3 Å². The second-order valence-corrected chi connectivity index (χ2v) is 36.8. The number of thiazole rings is 4. The van der Waals surface area contributed by atoms with Crippen molar-refractivity contribution < 1.29 is 70.7 Å². The minimum atomic E-state index is -4.37. The molecule has 38 heteroatoms. The fraction of sp³-hybridized carbons (Fsp3) is 0.488. The number of alkyl carbamates (subject to hydrolysis) is 3. The molecule has 120 heavy (non-hydrogen) atoms. The van der Waals surface area contributed by atoms with E-state index in [1.165, 1.54) is 82.5 Å². The molecule has 4 heterocycles. The highest BCUT2D eigenvalue weighted by molar-refractivity contribution is 7.87. The Morgan fingerprint density at radius 3 is 0.858 bits per heavy atom. The van der Waals surface area contributed by atoms with Gasteiger partial charge in [-0.2, -0.15) is 8.42 Å². The van der Waals surface area contributed by atoms with E-state index in [4.69, 9.17) is 24.5 Å². The lowest BCUT2D eigenvalue weighted by Crippen LogP contribution is -2.51. The summed E-state index contributed by atoms with van der Waals surface area (Å²) in [6.07, 6.45) is 3.02. The standard InChI is InChI=1S/C23H34N4O6S2.2C23H32N4O5S.C13H15N3O2S/c1-7-19-24-18(13-34-19)17(12-15-8-10-16(11-9-15)27-35(30,31)32)25-21(28)20(14(2)3)26-22(29)33-23(4,5)6;2*1-7-19-24-18(13-33-19)17(12-15-8-10-16(11-9-15)27(30)31)25-21(28)20(14(2)3)26-22(29)32-23(4,5)6;1-2-13-15-12(8-19-13)11(14)7-9-3-5-10(6-4-9)16(17)18/h8-11,13-14,17,20,27H,7,12H2,1-6H3,(H,25,28)(H,26,29)(H,30,31,32);2*8-11,13-14,17,20H,7,12H2,1-6H3,(H,25,28)(H,26,29);3-6,8,11H,2,7,14H2,1H3/t3*17-,20-;11-/m0000/s1. The van der Waals surface area contributed by atoms with E-state index in [0.717, 1.165) is 73.7 Å². The lowest BCUT2D eigenvalue weighted by molar-refractivity contribution is -0.385. The SMILES string of the molecule is CCc1nc([C@@H](N)Cc2ccc([N+](=O)[O-])cc2)cs1.CCc1nc([C@H](Cc2ccc(NS(=O)(=O)O)cc2)NC(=O)[C@@H](NC(=O)OC(C)(C)C)C(C)C)cs1.CCc1nc([C@H](Cc2ccc([N+](=O)[O-])cc2)NC(=O)[C@@H](NC(=O)OC(C)(C)C)C(C)C)cs1.CCc1nc([C@H](Cc2ccc([N+](=O)[O-])cc2)NC(=O)[C@@H](NC(=O)OC(C)(C)C)C(C)C)cs1. The highest BCUT2D eigenvalue weighted by Gasteiger charge is 2.34. The van der Waals surface area contributed by atoms with Crippen LogP contribution in [0.15, 0.2) is 119 Å². The van der Waals surface area contributed by atoms with Gasteiger partial charge in [-0.15, -0.1) is 45.3 Å². The minimum absolute atomic E-state index is 0.00250. The van der Waals surface area contributed by atoms with Gasteiger partial charge in [-0.1, -0.05) is 118 Å². The molecule has 0 unspecified atom stereocenters. The molecular weight excluding hydrogens is 1640 g/mol. The summed E-state index contributed by atoms with van der Waals surface area (Å²) >= 11 is 6.14. The summed E-state index contributed by atoms with van der Waals surface area (Å²) < 4.78 is 48.9. The van der Waals surface area contributed by atoms with Gasteiger partial charge >= 0.3 is 28.6 Å². The maximum absolute atomic E-state index is 13.2. The van der Waals surface area contributed by atoms with E-state index in [2.05, 4.69) is 58.8 Å². The van der Waals surface area contributed by atoms with E-state index in [9.17, 15) is 67.5 Å². The van der Waals surface area contributed by atoms with E-state index in [1.54, 1.807) is 122 Å². The van der Waals surface area contributed by atoms with Crippen LogP contribution in [0.2, 0.25) is 0 Å². The van der Waals surface area contributed by atoms with Gasteiger partial charge in [0.1, 0.15) is 34.9 Å². The number of ether oxygens (including phenoxy) is 3. The number of nitrogens with zero attached hydrogens (tertiary/aromatic N) is 7. The normalized spacial score (nSPS) is 13.3. The number of nitro benzene ring substituents is 3. The van der Waals surface area contributed by atoms with Crippen LogP contribution in [0.4, 0.5) is 37.1 Å². The first-order valence-electron chi connectivity index (χ1n) is 39.0. The molecule has 0 radical (unpaired) electrons. The topological polar surface area (TPSA) is 476 Å². The minimum Gasteiger partial charge on any atom is -0.444 e. The second kappa shape index (κ2) is 46.3. The van der Waals surface area contributed by atoms with Gasteiger partial charge in [0, 0.05) is 57.9 Å². The van der Waals surface area contributed by atoms with Crippen molar-refractivity contribution >= 4 is 114 Å². The Hall–Kier alpha value is -10.5. The Kier molecular flexibility index (Phi) is 38.6. The number of aromatic nitrogens is 4. The first-order valence-corrected chi connectivity index (χ1v) is 44.0. The van der Waals surface area contributed by atoms with Crippen molar-refractivity contribution in [2.45, 2.75) is 242 Å². The number of hydrogen-bond acceptors (Lipinski definition) is 26. The fourth-order valence-electron chi connectivity index (χ4n) is 11.2. The van der Waals surface area contributed by atoms with Crippen molar-refractivity contribution in [2.75, 3.05) is 4.72 Å². The first-order chi connectivity index (χ1) is 56.0. The number of nitrogens with one attached hydrogen (secondary N) is 7. The Bertz CT molecular complexity index is 4630. The van der Waals surface area contributed by atoms with Crippen LogP contribution < -0.4 is 42.4 Å². The summed E-state index contributed by atoms with van der Waals surface area (Å²) in [4.78, 5) is 126. The number of nitrogens with two attached hydrogens (primary N) is 1. The number of carbonyl (C=O) groups excluding carboxylic acids is 6. The van der Waals surface area contributed by atoms with Crippen LogP contribution in [0, 0.1) is 48.1 Å². The van der Waals surface area contributed by atoms with Crippen molar-refractivity contribution in [3.8, 4) is 0 Å². The lowest BCUT2D eigenvalue weighted by Gasteiger charge is -2.27. The van der Waals surface area contributed by atoms with Crippen molar-refractivity contribution in [1.29, 1.82) is 0 Å². The summed E-state index contributed by atoms with van der Waals surface area (Å²) in [7, 11) is -4.37. The van der Waals surface area contributed by atoms with Crippen molar-refractivity contribution in [2.24, 2.45) is 23.5 Å². The second-order valence-electron chi connectivity index (χ2n) is 31.8. The summed E-state index contributed by atoms with van der Waals surface area (Å²) in [6.45, 7) is 34.9. The average molecular weight is 1760 g/mol. The maximum atomic E-state index is 13.2. The van der Waals surface area contributed by atoms with Gasteiger partial charge in [0.25, 0.3) is 17.1 Å². The molecule has 0 fully saturated rings. The van der Waals surface area contributed by atoms with Crippen molar-refractivity contribution in [3.63, 3.8) is 0 Å². The number of carbonyl (C=O) groups is 6. The Balaban J connectivity index is 0.000000290. The van der Waals surface area contributed by atoms with Gasteiger partial charge in [-0.05, 0) is 166 Å². The van der Waals surface area contributed by atoms with Gasteiger partial charge in [0.05, 0.1) is 87.4 Å². The molecule has 33 nitrogen and oxygen atoms in total. The summed E-state index contributed by atoms with van der Waals surface area (Å²) in [5.41, 5.74) is 10.8. The molecule has 8 rings (SSSR count). The monoisotopic (exact) mass is 1760 g/mol. The van der Waals surface area contributed by atoms with Gasteiger partial charge in [0.2, 0.25) is 17.7 Å². The van der Waals surface area contributed by atoms with Crippen molar-refractivity contribution in [1.82, 2.24) is 51.8 Å². The third-order valence-corrected chi connectivity index (χ3v) is 21.7. The molecule has 7 atom stereocenters. The molecular formula is C82H113N15O18S5. The third kappa shape index (κ3) is 35.4. The molecule has 0 aliphatic carbocycles. The van der Waals surface area contributed by atoms with Crippen molar-refractivity contribution in [3.05, 3.63) is 214 Å². The Morgan fingerprint density at radius 2 is 0.642 bits per heavy atom. The molecule has 4 aromatic carbocycles. The smallest absolute Gasteiger partial charge is 0.408 e. The van der Waals surface area contributed by atoms with Crippen LogP contribution in [-0.4, -0.2) is 119 Å². The van der Waals surface area contributed by atoms with Crippen LogP contribution in [-0.2, 0) is 90.3 Å². The molecule has 0 saturated carbocycles. The molecule has 10 N–H and O–H groups in total. The van der Waals surface area contributed by atoms with Crippen LogP contribution in [0.5, 0.6) is 0 Å². The number of nitro groups is 3. The Morgan fingerprint density at radius 1 is 0.408 bits per heavy atom. The molecule has 654 valence electrons. The van der Waals surface area contributed by atoms with E-state index >= 15 is 0 Å². The number of aryl methyl sites for hydroxylation is 4. The highest BCUT2D eigenvalue weighted by atomic mass is 32.2. The van der Waals surface area contributed by atoms with E-state index in [1.807, 2.05) is 88.6 Å². The summed E-state index contributed by atoms with van der Waals surface area (Å²) in [5.74, 6) is -1.64. The van der Waals surface area contributed by atoms with E-state index in [0.29, 0.717) is 42.8 Å². The molecule has 6 amide bonds. The molecule has 0 aliphatic heterocycles. The van der Waals surface area contributed by atoms with Gasteiger partial charge in [-0.3, -0.25) is 54.0 Å². The number of hydrogen-bond donors (Lipinski definition) is 9. The van der Waals surface area contributed by atoms with Gasteiger partial charge in [0.15, 0.2) is 0 Å². The number of amides is 6. The molecule has 0 bridgehead atoms. The lowest BCUT2D eigenvalue weighted by atomic mass is 10.00. The quantitative estimate of drug-likeness (QED) is 0.00798. The predicted octanol–water partition coefficient (Wildman–Crippen LogP) is 15.9. The zero-order valence-corrected chi connectivity index (χ0v) is 75.2. The number of non-ortho nitro benzene ring substituents is 3. The molecule has 0 aliphatic rings. The van der Waals surface area contributed by atoms with Crippen LogP contribution in [0.1, 0.15) is 221 Å². The number of anilines is 1. The highest BCUT2D eigenvalue weighted by Crippen LogP contribution is 2.29. The number of rotatable bonds is 33. The number of benzene rings is 4. The van der Waals surface area contributed by atoms with Crippen LogP contribution >= 0.6 is 45.3 Å². The molecule has 0 saturated heterocycles. The van der Waals surface area contributed by atoms with E-state index < -0.39 is 96.4 Å². The first kappa shape index (κ1) is 100. The molecule has 8 aromatic rings. The zero-order valence-electron chi connectivity index (χ0n) is 71.1. The molecule has 0 spiro atoms. The van der Waals surface area contributed by atoms with Crippen LogP contribution in [0.3, 0.4) is 0 Å². The fourth-order valence-corrected chi connectivity index (χ4v) is 14.8. The average Bonchev–Trinajstić information content (AvgIpc) is 1.62. The predicted molar refractivity (Wildman–Crippen MR) is 465 cm³/mol. The Labute approximate surface area is 716 Å². The summed E-state index contributed by atoms with van der Waals surface area (Å²) in [6, 6.07) is 21.3. The zero-order chi connectivity index (χ0) is 89.7. The summed E-state index contributed by atoms with van der Waals surface area (Å²) in [5, 5.41) is 61.0. The molecule has 4 aromatic heterocycles. The van der Waals surface area contributed by atoms with Crippen LogP contribution in [0.25, 0.3) is 0 Å². The van der Waals surface area contributed by atoms with Gasteiger partial charge < -0.3 is 51.8 Å². The van der Waals surface area contributed by atoms with E-state index in [-0.39, 0.29) is 64.3 Å². The third-order valence-electron chi connectivity index (χ3n) is 17.2. The maximum Gasteiger partial charge on any atom is 0.408 e.